The lowest BCUT2D eigenvalue weighted by molar-refractivity contribution is -0.137. The van der Waals surface area contributed by atoms with Gasteiger partial charge in [0.25, 0.3) is 5.91 Å². The number of aliphatic hydroxyl groups is 1. The second kappa shape index (κ2) is 5.46. The topological polar surface area (TPSA) is 49.3 Å². The highest BCUT2D eigenvalue weighted by molar-refractivity contribution is 7.99. The summed E-state index contributed by atoms with van der Waals surface area (Å²) in [5, 5.41) is 12.7. The number of hydrogen-bond acceptors (Lipinski definition) is 3. The van der Waals surface area contributed by atoms with Gasteiger partial charge in [0.05, 0.1) is 6.04 Å². The molecular formula is C13H15F2NO2S. The summed E-state index contributed by atoms with van der Waals surface area (Å²) in [7, 11) is 0. The summed E-state index contributed by atoms with van der Waals surface area (Å²) in [5.74, 6) is -1.23. The van der Waals surface area contributed by atoms with Gasteiger partial charge in [-0.15, -0.1) is 0 Å². The van der Waals surface area contributed by atoms with Crippen LogP contribution in [0.15, 0.2) is 18.2 Å². The Morgan fingerprint density at radius 2 is 2.21 bits per heavy atom. The van der Waals surface area contributed by atoms with Gasteiger partial charge in [-0.2, -0.15) is 11.8 Å². The van der Waals surface area contributed by atoms with Crippen LogP contribution in [0.1, 0.15) is 24.9 Å². The molecule has 0 aliphatic carbocycles. The molecule has 0 aromatic heterocycles. The highest BCUT2D eigenvalue weighted by atomic mass is 32.2. The van der Waals surface area contributed by atoms with Crippen LogP contribution in [0.2, 0.25) is 0 Å². The molecule has 1 amide bonds. The number of carbonyl (C=O) groups is 1. The Kier molecular flexibility index (Phi) is 4.10. The van der Waals surface area contributed by atoms with Crippen LogP contribution >= 0.6 is 11.8 Å². The Morgan fingerprint density at radius 1 is 1.47 bits per heavy atom. The molecule has 1 saturated heterocycles. The van der Waals surface area contributed by atoms with Crippen molar-refractivity contribution in [3.63, 3.8) is 0 Å². The molecule has 2 atom stereocenters. The van der Waals surface area contributed by atoms with E-state index < -0.39 is 29.2 Å². The fraction of sp³-hybridized carbons (Fsp3) is 0.462. The Bertz CT molecular complexity index is 490. The van der Waals surface area contributed by atoms with Crippen LogP contribution in [0.3, 0.4) is 0 Å². The molecule has 1 aliphatic rings. The molecule has 3 nitrogen and oxygen atoms in total. The summed E-state index contributed by atoms with van der Waals surface area (Å²) in [6.07, 6.45) is 0.411. The van der Waals surface area contributed by atoms with Crippen molar-refractivity contribution < 1.29 is 18.7 Å². The van der Waals surface area contributed by atoms with Crippen molar-refractivity contribution >= 4 is 17.7 Å². The van der Waals surface area contributed by atoms with E-state index >= 15 is 0 Å². The summed E-state index contributed by atoms with van der Waals surface area (Å²) < 4.78 is 25.9. The largest absolute Gasteiger partial charge is 0.379 e. The fourth-order valence-corrected chi connectivity index (χ4v) is 3.17. The Hall–Kier alpha value is -1.14. The van der Waals surface area contributed by atoms with Crippen LogP contribution in [0.4, 0.5) is 8.78 Å². The standard InChI is InChI=1S/C13H15F2NO2S/c1-8(9-2-3-10(14)11(15)6-9)16-12(17)13(18)4-5-19-7-13/h2-3,6,8,18H,4-5,7H2,1H3,(H,16,17). The molecule has 2 N–H and O–H groups in total. The van der Waals surface area contributed by atoms with Gasteiger partial charge in [0.1, 0.15) is 0 Å². The second-order valence-electron chi connectivity index (χ2n) is 4.70. The third-order valence-corrected chi connectivity index (χ3v) is 4.39. The predicted molar refractivity (Wildman–Crippen MR) is 69.8 cm³/mol. The summed E-state index contributed by atoms with van der Waals surface area (Å²) in [6, 6.07) is 3.00. The summed E-state index contributed by atoms with van der Waals surface area (Å²) in [4.78, 5) is 12.0. The first-order valence-corrected chi connectivity index (χ1v) is 7.14. The van der Waals surface area contributed by atoms with E-state index in [-0.39, 0.29) is 0 Å². The maximum atomic E-state index is 13.1. The van der Waals surface area contributed by atoms with Crippen molar-refractivity contribution in [3.05, 3.63) is 35.4 Å². The fourth-order valence-electron chi connectivity index (χ4n) is 1.93. The molecule has 1 aliphatic heterocycles. The van der Waals surface area contributed by atoms with Crippen LogP contribution in [-0.2, 0) is 4.79 Å². The first-order chi connectivity index (χ1) is 8.92. The van der Waals surface area contributed by atoms with E-state index in [1.807, 2.05) is 0 Å². The molecule has 0 bridgehead atoms. The van der Waals surface area contributed by atoms with Crippen LogP contribution in [-0.4, -0.2) is 28.1 Å². The first kappa shape index (κ1) is 14.3. The zero-order valence-corrected chi connectivity index (χ0v) is 11.3. The highest BCUT2D eigenvalue weighted by Gasteiger charge is 2.39. The zero-order valence-electron chi connectivity index (χ0n) is 10.5. The van der Waals surface area contributed by atoms with Crippen LogP contribution in [0, 0.1) is 11.6 Å². The van der Waals surface area contributed by atoms with Crippen molar-refractivity contribution in [2.24, 2.45) is 0 Å². The maximum absolute atomic E-state index is 13.1. The number of carbonyl (C=O) groups excluding carboxylic acids is 1. The molecule has 19 heavy (non-hydrogen) atoms. The average Bonchev–Trinajstić information content (AvgIpc) is 2.81. The van der Waals surface area contributed by atoms with Crippen molar-refractivity contribution in [1.29, 1.82) is 0 Å². The number of thioether (sulfide) groups is 1. The summed E-state index contributed by atoms with van der Waals surface area (Å²) >= 11 is 1.52. The molecule has 0 saturated carbocycles. The van der Waals surface area contributed by atoms with E-state index in [4.69, 9.17) is 0 Å². The molecule has 104 valence electrons. The van der Waals surface area contributed by atoms with Crippen molar-refractivity contribution in [3.8, 4) is 0 Å². The number of rotatable bonds is 3. The van der Waals surface area contributed by atoms with E-state index in [1.54, 1.807) is 6.92 Å². The number of benzene rings is 1. The first-order valence-electron chi connectivity index (χ1n) is 5.98. The average molecular weight is 287 g/mol. The zero-order chi connectivity index (χ0) is 14.0. The predicted octanol–water partition coefficient (Wildman–Crippen LogP) is 2.01. The Balaban J connectivity index is 2.06. The molecule has 6 heteroatoms. The number of halogens is 2. The Morgan fingerprint density at radius 3 is 2.79 bits per heavy atom. The smallest absolute Gasteiger partial charge is 0.253 e. The van der Waals surface area contributed by atoms with Gasteiger partial charge in [0.2, 0.25) is 0 Å². The van der Waals surface area contributed by atoms with Gasteiger partial charge in [-0.25, -0.2) is 8.78 Å². The van der Waals surface area contributed by atoms with Gasteiger partial charge in [-0.05, 0) is 36.8 Å². The molecular weight excluding hydrogens is 272 g/mol. The van der Waals surface area contributed by atoms with Crippen molar-refractivity contribution in [2.45, 2.75) is 25.0 Å². The quantitative estimate of drug-likeness (QED) is 0.894. The molecule has 2 unspecified atom stereocenters. The number of hydrogen-bond donors (Lipinski definition) is 2. The van der Waals surface area contributed by atoms with Crippen LogP contribution < -0.4 is 5.32 Å². The molecule has 0 spiro atoms. The highest BCUT2D eigenvalue weighted by Crippen LogP contribution is 2.28. The van der Waals surface area contributed by atoms with E-state index in [0.29, 0.717) is 17.7 Å². The van der Waals surface area contributed by atoms with Gasteiger partial charge in [0.15, 0.2) is 17.2 Å². The number of nitrogens with one attached hydrogen (secondary N) is 1. The SMILES string of the molecule is CC(NC(=O)C1(O)CCSC1)c1ccc(F)c(F)c1. The van der Waals surface area contributed by atoms with Crippen molar-refractivity contribution in [2.75, 3.05) is 11.5 Å². The third-order valence-electron chi connectivity index (χ3n) is 3.21. The summed E-state index contributed by atoms with van der Waals surface area (Å²) in [5.41, 5.74) is -0.890. The second-order valence-corrected chi connectivity index (χ2v) is 5.81. The molecule has 2 rings (SSSR count). The van der Waals surface area contributed by atoms with E-state index in [9.17, 15) is 18.7 Å². The lowest BCUT2D eigenvalue weighted by atomic mass is 10.0. The Labute approximate surface area is 114 Å². The maximum Gasteiger partial charge on any atom is 0.253 e. The monoisotopic (exact) mass is 287 g/mol. The minimum Gasteiger partial charge on any atom is -0.379 e. The molecule has 1 aromatic rings. The van der Waals surface area contributed by atoms with E-state index in [1.165, 1.54) is 17.8 Å². The third kappa shape index (κ3) is 3.06. The van der Waals surface area contributed by atoms with Gasteiger partial charge in [-0.1, -0.05) is 6.07 Å². The minimum absolute atomic E-state index is 0.364. The van der Waals surface area contributed by atoms with Crippen LogP contribution in [0.5, 0.6) is 0 Å². The summed E-state index contributed by atoms with van der Waals surface area (Å²) in [6.45, 7) is 1.66. The van der Waals surface area contributed by atoms with Gasteiger partial charge in [-0.3, -0.25) is 4.79 Å². The lowest BCUT2D eigenvalue weighted by Gasteiger charge is -2.23. The van der Waals surface area contributed by atoms with Gasteiger partial charge < -0.3 is 10.4 Å². The lowest BCUT2D eigenvalue weighted by Crippen LogP contribution is -2.47. The molecule has 1 heterocycles. The van der Waals surface area contributed by atoms with Crippen LogP contribution in [0.25, 0.3) is 0 Å². The minimum atomic E-state index is -1.35. The molecule has 1 fully saturated rings. The normalized spacial score (nSPS) is 24.2. The van der Waals surface area contributed by atoms with Gasteiger partial charge >= 0.3 is 0 Å². The molecule has 1 aromatic carbocycles. The van der Waals surface area contributed by atoms with Gasteiger partial charge in [0, 0.05) is 5.75 Å². The van der Waals surface area contributed by atoms with Crippen molar-refractivity contribution in [1.82, 2.24) is 5.32 Å². The van der Waals surface area contributed by atoms with E-state index in [2.05, 4.69) is 5.32 Å². The van der Waals surface area contributed by atoms with E-state index in [0.717, 1.165) is 17.9 Å². The number of amides is 1. The molecule has 0 radical (unpaired) electrons.